The third-order valence-corrected chi connectivity index (χ3v) is 7.31. The van der Waals surface area contributed by atoms with E-state index in [1.807, 2.05) is 45.0 Å². The predicted molar refractivity (Wildman–Crippen MR) is 144 cm³/mol. The maximum Gasteiger partial charge on any atom is 0.242 e. The first-order valence-corrected chi connectivity index (χ1v) is 14.1. The van der Waals surface area contributed by atoms with Gasteiger partial charge >= 0.3 is 0 Å². The molecule has 0 unspecified atom stereocenters. The van der Waals surface area contributed by atoms with Crippen molar-refractivity contribution in [3.63, 3.8) is 0 Å². The lowest BCUT2D eigenvalue weighted by atomic mass is 10.1. The zero-order valence-corrected chi connectivity index (χ0v) is 23.0. The minimum atomic E-state index is -3.55. The van der Waals surface area contributed by atoms with Gasteiger partial charge in [-0.15, -0.1) is 0 Å². The van der Waals surface area contributed by atoms with Gasteiger partial charge in [0.1, 0.15) is 11.8 Å². The van der Waals surface area contributed by atoms with Gasteiger partial charge in [-0.25, -0.2) is 8.42 Å². The minimum Gasteiger partial charge on any atom is -0.497 e. The van der Waals surface area contributed by atoms with E-state index in [-0.39, 0.29) is 30.8 Å². The Morgan fingerprint density at radius 2 is 1.75 bits per heavy atom. The number of nitrogens with zero attached hydrogens (tertiary/aromatic N) is 2. The fraction of sp³-hybridized carbons (Fsp3) is 0.481. The second-order valence-electron chi connectivity index (χ2n) is 9.14. The van der Waals surface area contributed by atoms with E-state index in [9.17, 15) is 18.0 Å². The highest BCUT2D eigenvalue weighted by molar-refractivity contribution is 7.92. The Labute approximate surface area is 215 Å². The van der Waals surface area contributed by atoms with Crippen molar-refractivity contribution in [1.29, 1.82) is 0 Å². The number of hydrogen-bond acceptors (Lipinski definition) is 5. The van der Waals surface area contributed by atoms with E-state index in [1.54, 1.807) is 43.2 Å². The number of hydrogen-bond donors (Lipinski definition) is 1. The summed E-state index contributed by atoms with van der Waals surface area (Å²) in [5.74, 6) is 0.215. The topological polar surface area (TPSA) is 96.0 Å². The van der Waals surface area contributed by atoms with Crippen LogP contribution in [0, 0.1) is 6.92 Å². The summed E-state index contributed by atoms with van der Waals surface area (Å²) < 4.78 is 31.3. The molecule has 2 aromatic rings. The molecule has 2 atom stereocenters. The van der Waals surface area contributed by atoms with Gasteiger partial charge in [0.15, 0.2) is 0 Å². The van der Waals surface area contributed by atoms with Crippen molar-refractivity contribution in [1.82, 2.24) is 10.2 Å². The number of rotatable bonds is 13. The van der Waals surface area contributed by atoms with Gasteiger partial charge in [-0.3, -0.25) is 13.9 Å². The number of methoxy groups -OCH3 is 1. The van der Waals surface area contributed by atoms with Gasteiger partial charge in [0.25, 0.3) is 0 Å². The zero-order chi connectivity index (χ0) is 26.9. The van der Waals surface area contributed by atoms with Crippen molar-refractivity contribution in [2.75, 3.05) is 24.2 Å². The monoisotopic (exact) mass is 517 g/mol. The molecule has 1 N–H and O–H groups in total. The Morgan fingerprint density at radius 1 is 1.08 bits per heavy atom. The molecule has 0 saturated carbocycles. The van der Waals surface area contributed by atoms with Gasteiger partial charge in [0, 0.05) is 25.6 Å². The molecule has 2 rings (SSSR count). The van der Waals surface area contributed by atoms with Crippen LogP contribution in [-0.4, -0.2) is 57.1 Å². The van der Waals surface area contributed by atoms with Crippen molar-refractivity contribution in [3.8, 4) is 5.75 Å². The first-order valence-electron chi connectivity index (χ1n) is 12.2. The Hall–Kier alpha value is -3.07. The summed E-state index contributed by atoms with van der Waals surface area (Å²) in [6.45, 7) is 8.06. The summed E-state index contributed by atoms with van der Waals surface area (Å²) in [6, 6.07) is 13.9. The Morgan fingerprint density at radius 3 is 2.31 bits per heavy atom. The van der Waals surface area contributed by atoms with E-state index < -0.39 is 16.1 Å². The number of carbonyl (C=O) groups excluding carboxylic acids is 2. The first-order chi connectivity index (χ1) is 17.0. The number of nitrogens with one attached hydrogen (secondary N) is 1. The summed E-state index contributed by atoms with van der Waals surface area (Å²) in [7, 11) is -2.01. The van der Waals surface area contributed by atoms with Gasteiger partial charge in [-0.2, -0.15) is 0 Å². The van der Waals surface area contributed by atoms with Crippen LogP contribution >= 0.6 is 0 Å². The molecule has 2 amide bonds. The summed E-state index contributed by atoms with van der Waals surface area (Å²) in [5.41, 5.74) is 2.51. The van der Waals surface area contributed by atoms with E-state index in [2.05, 4.69) is 5.32 Å². The van der Waals surface area contributed by atoms with E-state index in [1.165, 1.54) is 4.31 Å². The fourth-order valence-corrected chi connectivity index (χ4v) is 4.77. The second-order valence-corrected chi connectivity index (χ2v) is 11.0. The molecule has 0 spiro atoms. The Bertz CT molecular complexity index is 1120. The predicted octanol–water partition coefficient (Wildman–Crippen LogP) is 3.88. The first kappa shape index (κ1) is 29.2. The summed E-state index contributed by atoms with van der Waals surface area (Å²) in [6.07, 6.45) is 2.35. The number of sulfonamides is 1. The number of ether oxygens (including phenoxy) is 1. The highest BCUT2D eigenvalue weighted by Crippen LogP contribution is 2.22. The zero-order valence-electron chi connectivity index (χ0n) is 22.2. The molecule has 0 fully saturated rings. The van der Waals surface area contributed by atoms with Crippen molar-refractivity contribution < 1.29 is 22.7 Å². The Balaban J connectivity index is 2.17. The van der Waals surface area contributed by atoms with E-state index in [0.29, 0.717) is 24.4 Å². The summed E-state index contributed by atoms with van der Waals surface area (Å²) >= 11 is 0. The lowest BCUT2D eigenvalue weighted by Gasteiger charge is -2.30. The SMILES string of the molecule is CC[C@@H](C)NC(=O)[C@@H](C)N(Cc1cccc(C)c1)C(=O)CCCN(c1ccc(OC)cc1)S(C)(=O)=O. The maximum atomic E-state index is 13.3. The van der Waals surface area contributed by atoms with Crippen LogP contribution in [0.1, 0.15) is 51.2 Å². The lowest BCUT2D eigenvalue weighted by Crippen LogP contribution is -2.49. The minimum absolute atomic E-state index is 0.00341. The van der Waals surface area contributed by atoms with E-state index in [0.717, 1.165) is 23.8 Å². The van der Waals surface area contributed by atoms with Crippen LogP contribution in [0.25, 0.3) is 0 Å². The van der Waals surface area contributed by atoms with Crippen LogP contribution in [0.4, 0.5) is 5.69 Å². The third-order valence-electron chi connectivity index (χ3n) is 6.12. The molecule has 36 heavy (non-hydrogen) atoms. The highest BCUT2D eigenvalue weighted by Gasteiger charge is 2.27. The summed E-state index contributed by atoms with van der Waals surface area (Å²) in [4.78, 5) is 27.8. The molecule has 0 saturated heterocycles. The molecule has 9 heteroatoms. The average Bonchev–Trinajstić information content (AvgIpc) is 2.83. The molecule has 0 aliphatic heterocycles. The molecular formula is C27H39N3O5S. The van der Waals surface area contributed by atoms with E-state index in [4.69, 9.17) is 4.74 Å². The third kappa shape index (κ3) is 8.55. The molecule has 0 radical (unpaired) electrons. The van der Waals surface area contributed by atoms with Crippen LogP contribution in [-0.2, 0) is 26.2 Å². The van der Waals surface area contributed by atoms with Crippen molar-refractivity contribution in [2.45, 2.75) is 65.6 Å². The fourth-order valence-electron chi connectivity index (χ4n) is 3.81. The van der Waals surface area contributed by atoms with Crippen molar-refractivity contribution in [2.24, 2.45) is 0 Å². The average molecular weight is 518 g/mol. The van der Waals surface area contributed by atoms with Crippen molar-refractivity contribution >= 4 is 27.5 Å². The molecular weight excluding hydrogens is 478 g/mol. The lowest BCUT2D eigenvalue weighted by molar-refractivity contribution is -0.140. The number of amides is 2. The van der Waals surface area contributed by atoms with Crippen LogP contribution in [0.5, 0.6) is 5.75 Å². The molecule has 0 aliphatic carbocycles. The normalized spacial score (nSPS) is 12.9. The highest BCUT2D eigenvalue weighted by atomic mass is 32.2. The van der Waals surface area contributed by atoms with Crippen LogP contribution in [0.15, 0.2) is 48.5 Å². The van der Waals surface area contributed by atoms with Gasteiger partial charge in [-0.05, 0) is 63.4 Å². The smallest absolute Gasteiger partial charge is 0.242 e. The van der Waals surface area contributed by atoms with E-state index >= 15 is 0 Å². The number of aryl methyl sites for hydroxylation is 1. The van der Waals surface area contributed by atoms with Crippen LogP contribution in [0.2, 0.25) is 0 Å². The molecule has 8 nitrogen and oxygen atoms in total. The maximum absolute atomic E-state index is 13.3. The molecule has 0 heterocycles. The van der Waals surface area contributed by atoms with Gasteiger partial charge in [0.05, 0.1) is 19.1 Å². The number of carbonyl (C=O) groups is 2. The largest absolute Gasteiger partial charge is 0.497 e. The van der Waals surface area contributed by atoms with Crippen molar-refractivity contribution in [3.05, 3.63) is 59.7 Å². The molecule has 0 aromatic heterocycles. The molecule has 198 valence electrons. The number of anilines is 1. The molecule has 0 bridgehead atoms. The van der Waals surface area contributed by atoms with Crippen LogP contribution in [0.3, 0.4) is 0 Å². The molecule has 2 aromatic carbocycles. The van der Waals surface area contributed by atoms with Gasteiger partial charge in [0.2, 0.25) is 21.8 Å². The van der Waals surface area contributed by atoms with Crippen LogP contribution < -0.4 is 14.4 Å². The molecule has 0 aliphatic rings. The summed E-state index contributed by atoms with van der Waals surface area (Å²) in [5, 5.41) is 2.96. The second kappa shape index (κ2) is 13.3. The number of benzene rings is 2. The quantitative estimate of drug-likeness (QED) is 0.435. The van der Waals surface area contributed by atoms with Gasteiger partial charge in [-0.1, -0.05) is 36.8 Å². The standard InChI is InChI=1S/C27H39N3O5S/c1-7-21(3)28-27(32)22(4)29(19-23-11-8-10-20(2)18-23)26(31)12-9-17-30(36(6,33)34)24-13-15-25(35-5)16-14-24/h8,10-11,13-16,18,21-22H,7,9,12,17,19H2,1-6H3,(H,28,32)/t21-,22-/m1/s1. The Kier molecular flexibility index (Phi) is 10.8. The van der Waals surface area contributed by atoms with Gasteiger partial charge < -0.3 is 15.0 Å².